The maximum Gasteiger partial charge on any atom is 0.573 e. The third-order valence-corrected chi connectivity index (χ3v) is 2.69. The molecule has 0 aliphatic carbocycles. The Morgan fingerprint density at radius 2 is 2.05 bits per heavy atom. The molecule has 4 nitrogen and oxygen atoms in total. The van der Waals surface area contributed by atoms with E-state index in [9.17, 15) is 26.7 Å². The van der Waals surface area contributed by atoms with E-state index in [-0.39, 0.29) is 10.2 Å². The molecule has 0 radical (unpaired) electrons. The first-order chi connectivity index (χ1) is 9.15. The molecule has 20 heavy (non-hydrogen) atoms. The Kier molecular flexibility index (Phi) is 5.48. The minimum absolute atomic E-state index is 0.0264. The topological polar surface area (TPSA) is 48.4 Å². The summed E-state index contributed by atoms with van der Waals surface area (Å²) >= 11 is 1.48. The van der Waals surface area contributed by atoms with E-state index in [1.54, 1.807) is 0 Å². The molecule has 0 aliphatic heterocycles. The zero-order valence-corrected chi connectivity index (χ0v) is 12.0. The number of alkyl halides is 5. The summed E-state index contributed by atoms with van der Waals surface area (Å²) in [5, 5.41) is 0. The van der Waals surface area contributed by atoms with Crippen molar-refractivity contribution in [3.8, 4) is 5.75 Å². The highest BCUT2D eigenvalue weighted by Gasteiger charge is 2.35. The van der Waals surface area contributed by atoms with Gasteiger partial charge in [0.1, 0.15) is 5.69 Å². The maximum absolute atomic E-state index is 12.7. The van der Waals surface area contributed by atoms with Crippen LogP contribution in [-0.2, 0) is 4.74 Å². The van der Waals surface area contributed by atoms with Crippen LogP contribution in [0, 0.1) is 3.57 Å². The highest BCUT2D eigenvalue weighted by atomic mass is 127. The first kappa shape index (κ1) is 16.9. The van der Waals surface area contributed by atoms with Gasteiger partial charge in [-0.2, -0.15) is 0 Å². The molecule has 0 saturated carbocycles. The number of halogens is 6. The summed E-state index contributed by atoms with van der Waals surface area (Å²) in [6, 6.07) is 0.662. The number of nitrogens with zero attached hydrogens (tertiary/aromatic N) is 1. The minimum Gasteiger partial charge on any atom is -0.461 e. The number of ether oxygens (including phenoxy) is 2. The first-order valence-electron chi connectivity index (χ1n) is 5.07. The molecule has 0 N–H and O–H groups in total. The van der Waals surface area contributed by atoms with Crippen molar-refractivity contribution < 1.29 is 36.2 Å². The molecule has 0 saturated heterocycles. The molecule has 0 aliphatic rings. The molecule has 1 rings (SSSR count). The van der Waals surface area contributed by atoms with E-state index in [1.807, 2.05) is 0 Å². The second-order valence-electron chi connectivity index (χ2n) is 3.27. The van der Waals surface area contributed by atoms with Gasteiger partial charge in [0.2, 0.25) is 0 Å². The van der Waals surface area contributed by atoms with Crippen LogP contribution in [0.25, 0.3) is 0 Å². The van der Waals surface area contributed by atoms with Crippen LogP contribution in [-0.4, -0.2) is 23.9 Å². The van der Waals surface area contributed by atoms with Crippen LogP contribution in [0.3, 0.4) is 0 Å². The van der Waals surface area contributed by atoms with Gasteiger partial charge >= 0.3 is 12.3 Å². The van der Waals surface area contributed by atoms with Crippen molar-refractivity contribution in [1.29, 1.82) is 0 Å². The normalized spacial score (nSPS) is 11.6. The van der Waals surface area contributed by atoms with Gasteiger partial charge in [-0.3, -0.25) is 0 Å². The van der Waals surface area contributed by atoms with Gasteiger partial charge in [-0.15, -0.1) is 13.2 Å². The van der Waals surface area contributed by atoms with E-state index in [0.29, 0.717) is 6.07 Å². The molecule has 0 bridgehead atoms. The molecular formula is C10H7F5INO3. The van der Waals surface area contributed by atoms with Crippen LogP contribution in [0.4, 0.5) is 22.0 Å². The first-order valence-corrected chi connectivity index (χ1v) is 6.15. The average molecular weight is 411 g/mol. The van der Waals surface area contributed by atoms with Crippen LogP contribution in [0.15, 0.2) is 6.07 Å². The van der Waals surface area contributed by atoms with E-state index >= 15 is 0 Å². The van der Waals surface area contributed by atoms with E-state index in [0.717, 1.165) is 0 Å². The largest absolute Gasteiger partial charge is 0.573 e. The van der Waals surface area contributed by atoms with Gasteiger partial charge in [-0.05, 0) is 35.6 Å². The molecule has 1 aromatic rings. The summed E-state index contributed by atoms with van der Waals surface area (Å²) in [5.41, 5.74) is -1.76. The predicted octanol–water partition coefficient (Wildman–Crippen LogP) is 3.70. The fraction of sp³-hybridized carbons (Fsp3) is 0.400. The summed E-state index contributed by atoms with van der Waals surface area (Å²) in [4.78, 5) is 14.7. The van der Waals surface area contributed by atoms with E-state index in [2.05, 4.69) is 14.5 Å². The molecule has 0 spiro atoms. The van der Waals surface area contributed by atoms with Crippen molar-refractivity contribution in [1.82, 2.24) is 4.98 Å². The lowest BCUT2D eigenvalue weighted by atomic mass is 10.2. The minimum atomic E-state index is -5.14. The number of carbonyl (C=O) groups excluding carboxylic acids is 1. The second-order valence-corrected chi connectivity index (χ2v) is 4.43. The van der Waals surface area contributed by atoms with Gasteiger partial charge in [0, 0.05) is 3.57 Å². The van der Waals surface area contributed by atoms with Crippen molar-refractivity contribution >= 4 is 28.6 Å². The third-order valence-electron chi connectivity index (χ3n) is 1.87. The van der Waals surface area contributed by atoms with Crippen molar-refractivity contribution in [3.63, 3.8) is 0 Å². The third kappa shape index (κ3) is 4.42. The van der Waals surface area contributed by atoms with Gasteiger partial charge in [-0.25, -0.2) is 18.6 Å². The Hall–Kier alpha value is -1.20. The summed E-state index contributed by atoms with van der Waals surface area (Å²) in [7, 11) is 0. The molecule has 0 aromatic carbocycles. The number of pyridine rings is 1. The zero-order chi connectivity index (χ0) is 15.5. The Bertz CT molecular complexity index is 506. The van der Waals surface area contributed by atoms with Crippen LogP contribution >= 0.6 is 22.6 Å². The van der Waals surface area contributed by atoms with Gasteiger partial charge in [0.15, 0.2) is 11.4 Å². The lowest BCUT2D eigenvalue weighted by Crippen LogP contribution is -2.20. The number of carbonyl (C=O) groups is 1. The molecule has 0 atom stereocenters. The molecular weight excluding hydrogens is 404 g/mol. The standard InChI is InChI=1S/C10H7F5INO3/c1-2-19-9(18)6-4(16)3-5(20-10(13,14)15)7(17-6)8(11)12/h3,8H,2H2,1H3. The number of esters is 1. The second kappa shape index (κ2) is 6.50. The van der Waals surface area contributed by atoms with Crippen LogP contribution < -0.4 is 4.74 Å². The number of aromatic nitrogens is 1. The SMILES string of the molecule is CCOC(=O)c1nc(C(F)F)c(OC(F)(F)F)cc1I. The van der Waals surface area contributed by atoms with Crippen LogP contribution in [0.2, 0.25) is 0 Å². The zero-order valence-electron chi connectivity index (χ0n) is 9.80. The predicted molar refractivity (Wildman–Crippen MR) is 64.6 cm³/mol. The summed E-state index contributed by atoms with van der Waals surface area (Å²) < 4.78 is 69.7. The molecule has 0 amide bonds. The molecule has 1 aromatic heterocycles. The Morgan fingerprint density at radius 1 is 1.45 bits per heavy atom. The highest BCUT2D eigenvalue weighted by molar-refractivity contribution is 14.1. The van der Waals surface area contributed by atoms with E-state index < -0.39 is 35.9 Å². The van der Waals surface area contributed by atoms with Crippen LogP contribution in [0.1, 0.15) is 29.5 Å². The fourth-order valence-corrected chi connectivity index (χ4v) is 1.82. The van der Waals surface area contributed by atoms with E-state index in [1.165, 1.54) is 29.5 Å². The Labute approximate surface area is 123 Å². The number of hydrogen-bond donors (Lipinski definition) is 0. The van der Waals surface area contributed by atoms with Gasteiger partial charge in [-0.1, -0.05) is 0 Å². The lowest BCUT2D eigenvalue weighted by Gasteiger charge is -2.14. The molecule has 0 fully saturated rings. The monoisotopic (exact) mass is 411 g/mol. The quantitative estimate of drug-likeness (QED) is 0.431. The number of rotatable bonds is 4. The fourth-order valence-electron chi connectivity index (χ4n) is 1.19. The summed E-state index contributed by atoms with van der Waals surface area (Å²) in [6.45, 7) is 1.46. The highest BCUT2D eigenvalue weighted by Crippen LogP contribution is 2.33. The molecule has 10 heteroatoms. The summed E-state index contributed by atoms with van der Waals surface area (Å²) in [6.07, 6.45) is -8.47. The smallest absolute Gasteiger partial charge is 0.461 e. The molecule has 112 valence electrons. The van der Waals surface area contributed by atoms with Gasteiger partial charge in [0.05, 0.1) is 6.61 Å². The Morgan fingerprint density at radius 3 is 2.50 bits per heavy atom. The lowest BCUT2D eigenvalue weighted by molar-refractivity contribution is -0.275. The van der Waals surface area contributed by atoms with Crippen molar-refractivity contribution in [2.45, 2.75) is 19.7 Å². The molecule has 0 unspecified atom stereocenters. The Balaban J connectivity index is 3.28. The van der Waals surface area contributed by atoms with Crippen molar-refractivity contribution in [3.05, 3.63) is 21.0 Å². The van der Waals surface area contributed by atoms with Crippen LogP contribution in [0.5, 0.6) is 5.75 Å². The average Bonchev–Trinajstić information content (AvgIpc) is 2.26. The number of hydrogen-bond acceptors (Lipinski definition) is 4. The van der Waals surface area contributed by atoms with Gasteiger partial charge < -0.3 is 9.47 Å². The van der Waals surface area contributed by atoms with Gasteiger partial charge in [0.25, 0.3) is 6.43 Å². The molecule has 1 heterocycles. The van der Waals surface area contributed by atoms with Crippen molar-refractivity contribution in [2.75, 3.05) is 6.61 Å². The summed E-state index contributed by atoms with van der Waals surface area (Å²) in [5.74, 6) is -2.15. The van der Waals surface area contributed by atoms with Crippen molar-refractivity contribution in [2.24, 2.45) is 0 Å². The van der Waals surface area contributed by atoms with E-state index in [4.69, 9.17) is 0 Å². The maximum atomic E-state index is 12.7.